The first-order valence-electron chi connectivity index (χ1n) is 4.68. The van der Waals surface area contributed by atoms with Gasteiger partial charge in [-0.2, -0.15) is 25.3 Å². The first-order chi connectivity index (χ1) is 8.78. The summed E-state index contributed by atoms with van der Waals surface area (Å²) in [4.78, 5) is -0.941. The van der Waals surface area contributed by atoms with Crippen LogP contribution in [0.4, 0.5) is 0 Å². The maximum absolute atomic E-state index is 11.1. The van der Waals surface area contributed by atoms with Crippen LogP contribution in [0, 0.1) is 0 Å². The lowest BCUT2D eigenvalue weighted by Gasteiger charge is -2.09. The molecule has 114 valence electrons. The van der Waals surface area contributed by atoms with Gasteiger partial charge in [-0.25, -0.2) is 0 Å². The number of hydrogen-bond acceptors (Lipinski definition) is 8. The molecule has 0 aliphatic heterocycles. The Labute approximate surface area is 116 Å². The first-order valence-corrected chi connectivity index (χ1v) is 9.76. The Morgan fingerprint density at radius 2 is 1.40 bits per heavy atom. The summed E-state index contributed by atoms with van der Waals surface area (Å²) in [6, 6.07) is 2.43. The number of rotatable bonds is 5. The summed E-state index contributed by atoms with van der Waals surface area (Å²) in [5.41, 5.74) is 0. The van der Waals surface area contributed by atoms with E-state index >= 15 is 0 Å². The van der Waals surface area contributed by atoms with Gasteiger partial charge in [0.2, 0.25) is 0 Å². The van der Waals surface area contributed by atoms with E-state index in [9.17, 15) is 25.3 Å². The highest BCUT2D eigenvalue weighted by Gasteiger charge is 2.21. The lowest BCUT2D eigenvalue weighted by molar-refractivity contribution is 0.460. The van der Waals surface area contributed by atoms with Crippen LogP contribution in [0.5, 0.6) is 11.5 Å². The van der Waals surface area contributed by atoms with Gasteiger partial charge in [0.1, 0.15) is 10.6 Å². The Morgan fingerprint density at radius 1 is 0.900 bits per heavy atom. The van der Waals surface area contributed by atoms with E-state index in [0.717, 1.165) is 18.4 Å². The number of hydrogen-bond donors (Lipinski definition) is 1. The van der Waals surface area contributed by atoms with Crippen LogP contribution in [0.25, 0.3) is 0 Å². The molecule has 0 radical (unpaired) electrons. The second-order valence-corrected chi connectivity index (χ2v) is 8.20. The van der Waals surface area contributed by atoms with Gasteiger partial charge in [-0.1, -0.05) is 0 Å². The second kappa shape index (κ2) is 5.20. The molecule has 0 aliphatic rings. The van der Waals surface area contributed by atoms with E-state index in [1.54, 1.807) is 0 Å². The van der Waals surface area contributed by atoms with Crippen molar-refractivity contribution in [1.29, 1.82) is 0 Å². The molecular weight excluding hydrogens is 336 g/mol. The predicted molar refractivity (Wildman–Crippen MR) is 67.2 cm³/mol. The minimum atomic E-state index is -4.85. The SMILES string of the molecule is CS(=O)(=O)Oc1ccc(OS(C)(=O)=O)c(S(=O)(=O)O)c1. The van der Waals surface area contributed by atoms with Gasteiger partial charge in [0.25, 0.3) is 10.1 Å². The molecule has 1 aromatic rings. The van der Waals surface area contributed by atoms with E-state index in [0.29, 0.717) is 12.3 Å². The molecule has 0 bridgehead atoms. The maximum Gasteiger partial charge on any atom is 0.306 e. The van der Waals surface area contributed by atoms with Crippen LogP contribution >= 0.6 is 0 Å². The summed E-state index contributed by atoms with van der Waals surface area (Å²) in [7, 11) is -12.8. The first kappa shape index (κ1) is 16.7. The molecule has 1 aromatic carbocycles. The maximum atomic E-state index is 11.1. The predicted octanol–water partition coefficient (Wildman–Crippen LogP) is -0.390. The quantitative estimate of drug-likeness (QED) is 0.557. The van der Waals surface area contributed by atoms with Crippen LogP contribution in [0.2, 0.25) is 0 Å². The smallest absolute Gasteiger partial charge is 0.306 e. The molecular formula is C8H10O9S3. The molecule has 0 fully saturated rings. The summed E-state index contributed by atoms with van der Waals surface area (Å²) in [6.07, 6.45) is 1.39. The van der Waals surface area contributed by atoms with E-state index in [4.69, 9.17) is 4.55 Å². The molecule has 20 heavy (non-hydrogen) atoms. The molecule has 0 saturated carbocycles. The summed E-state index contributed by atoms with van der Waals surface area (Å²) >= 11 is 0. The Bertz CT molecular complexity index is 818. The van der Waals surface area contributed by atoms with Gasteiger partial charge in [-0.3, -0.25) is 4.55 Å². The molecule has 0 atom stereocenters. The lowest BCUT2D eigenvalue weighted by Crippen LogP contribution is -2.11. The second-order valence-electron chi connectivity index (χ2n) is 3.66. The largest absolute Gasteiger partial charge is 0.383 e. The molecule has 9 nitrogen and oxygen atoms in total. The third-order valence-corrected chi connectivity index (χ3v) is 3.53. The molecule has 0 unspecified atom stereocenters. The highest BCUT2D eigenvalue weighted by molar-refractivity contribution is 7.87. The topological polar surface area (TPSA) is 141 Å². The molecule has 1 rings (SSSR count). The fourth-order valence-corrected chi connectivity index (χ4v) is 2.76. The zero-order chi connectivity index (χ0) is 15.8. The summed E-state index contributed by atoms with van der Waals surface area (Å²) in [5.74, 6) is -1.11. The van der Waals surface area contributed by atoms with Crippen LogP contribution in [0.1, 0.15) is 0 Å². The van der Waals surface area contributed by atoms with E-state index in [-0.39, 0.29) is 0 Å². The molecule has 12 heteroatoms. The van der Waals surface area contributed by atoms with Crippen LogP contribution in [-0.2, 0) is 30.4 Å². The Kier molecular flexibility index (Phi) is 4.34. The minimum absolute atomic E-state index is 0.430. The molecule has 0 aliphatic carbocycles. The molecule has 0 heterocycles. The Hall–Kier alpha value is -1.37. The summed E-state index contributed by atoms with van der Waals surface area (Å²) in [6.45, 7) is 0. The van der Waals surface area contributed by atoms with E-state index in [1.807, 2.05) is 0 Å². The van der Waals surface area contributed by atoms with Gasteiger partial charge in [0.05, 0.1) is 12.5 Å². The van der Waals surface area contributed by atoms with E-state index in [2.05, 4.69) is 8.37 Å². The third kappa shape index (κ3) is 5.32. The zero-order valence-electron chi connectivity index (χ0n) is 10.2. The number of benzene rings is 1. The van der Waals surface area contributed by atoms with Gasteiger partial charge in [0, 0.05) is 6.07 Å². The summed E-state index contributed by atoms with van der Waals surface area (Å²) < 4.78 is 83.8. The lowest BCUT2D eigenvalue weighted by atomic mass is 10.3. The fraction of sp³-hybridized carbons (Fsp3) is 0.250. The molecule has 0 saturated heterocycles. The van der Waals surface area contributed by atoms with Crippen molar-refractivity contribution in [2.75, 3.05) is 12.5 Å². The average molecular weight is 346 g/mol. The van der Waals surface area contributed by atoms with E-state index < -0.39 is 46.7 Å². The highest BCUT2D eigenvalue weighted by atomic mass is 32.2. The van der Waals surface area contributed by atoms with Crippen molar-refractivity contribution < 1.29 is 38.2 Å². The molecule has 0 aromatic heterocycles. The normalized spacial score (nSPS) is 12.9. The van der Waals surface area contributed by atoms with Crippen LogP contribution in [-0.4, -0.2) is 42.3 Å². The van der Waals surface area contributed by atoms with Gasteiger partial charge in [0.15, 0.2) is 5.75 Å². The Balaban J connectivity index is 3.43. The van der Waals surface area contributed by atoms with Crippen molar-refractivity contribution >= 4 is 30.4 Å². The van der Waals surface area contributed by atoms with E-state index in [1.165, 1.54) is 0 Å². The molecule has 1 N–H and O–H groups in total. The van der Waals surface area contributed by atoms with Gasteiger partial charge in [-0.05, 0) is 12.1 Å². The van der Waals surface area contributed by atoms with Gasteiger partial charge >= 0.3 is 20.2 Å². The van der Waals surface area contributed by atoms with Crippen molar-refractivity contribution in [1.82, 2.24) is 0 Å². The molecule has 0 spiro atoms. The van der Waals surface area contributed by atoms with Crippen molar-refractivity contribution in [2.45, 2.75) is 4.90 Å². The van der Waals surface area contributed by atoms with Crippen molar-refractivity contribution in [3.63, 3.8) is 0 Å². The van der Waals surface area contributed by atoms with Gasteiger partial charge in [-0.15, -0.1) is 0 Å². The van der Waals surface area contributed by atoms with Crippen LogP contribution in [0.15, 0.2) is 23.1 Å². The van der Waals surface area contributed by atoms with Gasteiger partial charge < -0.3 is 8.37 Å². The van der Waals surface area contributed by atoms with Crippen LogP contribution < -0.4 is 8.37 Å². The molecule has 0 amide bonds. The average Bonchev–Trinajstić information content (AvgIpc) is 2.14. The standard InChI is InChI=1S/C8H10O9S3/c1-18(9,10)16-6-3-4-7(17-19(2,11)12)8(5-6)20(13,14)15/h3-5H,1-2H3,(H,13,14,15). The monoisotopic (exact) mass is 346 g/mol. The summed E-state index contributed by atoms with van der Waals surface area (Å²) in [5, 5.41) is 0. The fourth-order valence-electron chi connectivity index (χ4n) is 1.15. The van der Waals surface area contributed by atoms with Crippen molar-refractivity contribution in [2.24, 2.45) is 0 Å². The highest BCUT2D eigenvalue weighted by Crippen LogP contribution is 2.29. The zero-order valence-corrected chi connectivity index (χ0v) is 12.6. The van der Waals surface area contributed by atoms with Crippen LogP contribution in [0.3, 0.4) is 0 Å². The van der Waals surface area contributed by atoms with Crippen molar-refractivity contribution in [3.05, 3.63) is 18.2 Å². The minimum Gasteiger partial charge on any atom is -0.383 e. The van der Waals surface area contributed by atoms with Crippen molar-refractivity contribution in [3.8, 4) is 11.5 Å². The third-order valence-electron chi connectivity index (χ3n) is 1.68. The Morgan fingerprint density at radius 3 is 1.80 bits per heavy atom.